The topological polar surface area (TPSA) is 32.3 Å². The van der Waals surface area contributed by atoms with Crippen LogP contribution in [-0.2, 0) is 17.5 Å². The van der Waals surface area contributed by atoms with Crippen LogP contribution in [0.15, 0.2) is 29.8 Å². The summed E-state index contributed by atoms with van der Waals surface area (Å²) in [6.45, 7) is 4.29. The third kappa shape index (κ3) is 4.56. The molecule has 1 aliphatic heterocycles. The molecule has 7 heteroatoms. The molecule has 0 saturated carbocycles. The van der Waals surface area contributed by atoms with Crippen LogP contribution in [0.4, 0.5) is 17.6 Å². The van der Waals surface area contributed by atoms with E-state index in [0.717, 1.165) is 11.6 Å². The Morgan fingerprint density at radius 1 is 1.38 bits per heavy atom. The fraction of sp³-hybridized carbons (Fsp3) is 0.471. The molecule has 0 bridgehead atoms. The largest absolute Gasteiger partial charge is 0.419 e. The first kappa shape index (κ1) is 18.4. The van der Waals surface area contributed by atoms with E-state index in [1.165, 1.54) is 19.1 Å². The Morgan fingerprint density at radius 2 is 2.08 bits per heavy atom. The molecule has 0 saturated heterocycles. The number of carbonyl (C=O) groups excluding carboxylic acids is 1. The monoisotopic (exact) mass is 344 g/mol. The lowest BCUT2D eigenvalue weighted by Gasteiger charge is -2.31. The Hall–Kier alpha value is -1.89. The zero-order valence-corrected chi connectivity index (χ0v) is 13.6. The van der Waals surface area contributed by atoms with E-state index in [0.29, 0.717) is 19.5 Å². The number of nitrogens with one attached hydrogen (secondary N) is 1. The quantitative estimate of drug-likeness (QED) is 0.670. The molecule has 0 fully saturated rings. The number of hydrogen-bond acceptors (Lipinski definition) is 2. The van der Waals surface area contributed by atoms with Gasteiger partial charge >= 0.3 is 6.18 Å². The molecule has 1 heterocycles. The average Bonchev–Trinajstić information content (AvgIpc) is 2.45. The van der Waals surface area contributed by atoms with E-state index in [9.17, 15) is 22.4 Å². The van der Waals surface area contributed by atoms with Gasteiger partial charge in [-0.3, -0.25) is 9.69 Å². The SMILES string of the molecule is CC(=O)N[C@@H](C)C1=CCCN(Cc2cccc(F)c2C(F)(F)F)C1. The van der Waals surface area contributed by atoms with Gasteiger partial charge in [0.25, 0.3) is 0 Å². The number of hydrogen-bond donors (Lipinski definition) is 1. The van der Waals surface area contributed by atoms with E-state index in [4.69, 9.17) is 0 Å². The van der Waals surface area contributed by atoms with Crippen molar-refractivity contribution in [1.29, 1.82) is 0 Å². The van der Waals surface area contributed by atoms with E-state index in [1.807, 2.05) is 17.9 Å². The van der Waals surface area contributed by atoms with E-state index in [1.54, 1.807) is 0 Å². The predicted octanol–water partition coefficient (Wildman–Crippen LogP) is 3.50. The molecule has 1 N–H and O–H groups in total. The maximum Gasteiger partial charge on any atom is 0.419 e. The van der Waals surface area contributed by atoms with Gasteiger partial charge in [-0.05, 0) is 30.5 Å². The lowest BCUT2D eigenvalue weighted by atomic mass is 10.0. The molecule has 2 rings (SSSR count). The van der Waals surface area contributed by atoms with Crippen molar-refractivity contribution in [1.82, 2.24) is 10.2 Å². The molecule has 3 nitrogen and oxygen atoms in total. The number of carbonyl (C=O) groups is 1. The van der Waals surface area contributed by atoms with Gasteiger partial charge in [-0.1, -0.05) is 18.2 Å². The van der Waals surface area contributed by atoms with E-state index in [2.05, 4.69) is 5.32 Å². The van der Waals surface area contributed by atoms with Crippen LogP contribution in [0.2, 0.25) is 0 Å². The van der Waals surface area contributed by atoms with Crippen LogP contribution >= 0.6 is 0 Å². The molecule has 1 aromatic carbocycles. The van der Waals surface area contributed by atoms with Crippen molar-refractivity contribution in [2.24, 2.45) is 0 Å². The first-order chi connectivity index (χ1) is 11.2. The number of alkyl halides is 3. The summed E-state index contributed by atoms with van der Waals surface area (Å²) < 4.78 is 52.9. The molecule has 0 aliphatic carbocycles. The molecule has 1 atom stereocenters. The molecule has 132 valence electrons. The summed E-state index contributed by atoms with van der Waals surface area (Å²) in [4.78, 5) is 13.0. The number of nitrogens with zero attached hydrogens (tertiary/aromatic N) is 1. The Balaban J connectivity index is 2.14. The first-order valence-electron chi connectivity index (χ1n) is 7.71. The smallest absolute Gasteiger partial charge is 0.350 e. The third-order valence-electron chi connectivity index (χ3n) is 4.01. The van der Waals surface area contributed by atoms with Gasteiger partial charge in [0.05, 0.1) is 5.56 Å². The van der Waals surface area contributed by atoms with E-state index in [-0.39, 0.29) is 24.1 Å². The third-order valence-corrected chi connectivity index (χ3v) is 4.01. The number of rotatable bonds is 4. The standard InChI is InChI=1S/C17H20F4N2O/c1-11(22-12(2)24)13-6-4-8-23(9-13)10-14-5-3-7-15(18)16(14)17(19,20)21/h3,5-7,11H,4,8-10H2,1-2H3,(H,22,24)/t11-/m0/s1. The summed E-state index contributed by atoms with van der Waals surface area (Å²) in [5.41, 5.74) is -0.326. The lowest BCUT2D eigenvalue weighted by molar-refractivity contribution is -0.140. The van der Waals surface area contributed by atoms with E-state index >= 15 is 0 Å². The number of halogens is 4. The normalized spacial score (nSPS) is 17.3. The predicted molar refractivity (Wildman–Crippen MR) is 82.7 cm³/mol. The molecule has 0 aromatic heterocycles. The second kappa shape index (κ2) is 7.34. The van der Waals surface area contributed by atoms with Gasteiger partial charge in [0, 0.05) is 32.6 Å². The maximum atomic E-state index is 13.7. The minimum absolute atomic E-state index is 0.0106. The Kier molecular flexibility index (Phi) is 5.64. The molecule has 1 aromatic rings. The first-order valence-corrected chi connectivity index (χ1v) is 7.71. The zero-order chi connectivity index (χ0) is 17.9. The summed E-state index contributed by atoms with van der Waals surface area (Å²) >= 11 is 0. The van der Waals surface area contributed by atoms with Crippen LogP contribution in [0.1, 0.15) is 31.4 Å². The summed E-state index contributed by atoms with van der Waals surface area (Å²) in [5, 5.41) is 2.77. The van der Waals surface area contributed by atoms with Crippen LogP contribution in [0.25, 0.3) is 0 Å². The van der Waals surface area contributed by atoms with Gasteiger partial charge in [0.2, 0.25) is 5.91 Å². The Labute approximate surface area is 138 Å². The highest BCUT2D eigenvalue weighted by atomic mass is 19.4. The summed E-state index contributed by atoms with van der Waals surface area (Å²) in [7, 11) is 0. The van der Waals surface area contributed by atoms with E-state index < -0.39 is 17.6 Å². The minimum Gasteiger partial charge on any atom is -0.350 e. The van der Waals surface area contributed by atoms with Crippen molar-refractivity contribution in [2.45, 2.75) is 39.0 Å². The maximum absolute atomic E-state index is 13.7. The lowest BCUT2D eigenvalue weighted by Crippen LogP contribution is -2.39. The Bertz CT molecular complexity index is 640. The van der Waals surface area contributed by atoms with Crippen LogP contribution in [0.5, 0.6) is 0 Å². The van der Waals surface area contributed by atoms with Crippen LogP contribution in [-0.4, -0.2) is 29.9 Å². The number of amides is 1. The van der Waals surface area contributed by atoms with Crippen molar-refractivity contribution < 1.29 is 22.4 Å². The highest BCUT2D eigenvalue weighted by Gasteiger charge is 2.37. The van der Waals surface area contributed by atoms with Crippen LogP contribution in [0, 0.1) is 5.82 Å². The van der Waals surface area contributed by atoms with Crippen molar-refractivity contribution in [3.05, 3.63) is 46.8 Å². The second-order valence-electron chi connectivity index (χ2n) is 5.97. The highest BCUT2D eigenvalue weighted by molar-refractivity contribution is 5.73. The van der Waals surface area contributed by atoms with Crippen LogP contribution in [0.3, 0.4) is 0 Å². The summed E-state index contributed by atoms with van der Waals surface area (Å²) in [6, 6.07) is 3.24. The highest BCUT2D eigenvalue weighted by Crippen LogP contribution is 2.34. The number of benzene rings is 1. The van der Waals surface area contributed by atoms with Gasteiger partial charge in [-0.15, -0.1) is 0 Å². The van der Waals surface area contributed by atoms with Crippen molar-refractivity contribution in [2.75, 3.05) is 13.1 Å². The summed E-state index contributed by atoms with van der Waals surface area (Å²) in [5.74, 6) is -1.41. The van der Waals surface area contributed by atoms with Gasteiger partial charge in [0.15, 0.2) is 0 Å². The fourth-order valence-corrected chi connectivity index (χ4v) is 2.94. The molecule has 1 aliphatic rings. The molecular weight excluding hydrogens is 324 g/mol. The van der Waals surface area contributed by atoms with Gasteiger partial charge < -0.3 is 5.32 Å². The van der Waals surface area contributed by atoms with Crippen molar-refractivity contribution in [3.63, 3.8) is 0 Å². The van der Waals surface area contributed by atoms with Crippen LogP contribution < -0.4 is 5.32 Å². The van der Waals surface area contributed by atoms with Gasteiger partial charge in [0.1, 0.15) is 5.82 Å². The summed E-state index contributed by atoms with van der Waals surface area (Å²) in [6.07, 6.45) is -2.05. The van der Waals surface area contributed by atoms with Crippen molar-refractivity contribution in [3.8, 4) is 0 Å². The molecule has 0 spiro atoms. The molecular formula is C17H20F4N2O. The zero-order valence-electron chi connectivity index (χ0n) is 13.6. The van der Waals surface area contributed by atoms with Gasteiger partial charge in [-0.25, -0.2) is 4.39 Å². The second-order valence-corrected chi connectivity index (χ2v) is 5.97. The molecule has 24 heavy (non-hydrogen) atoms. The average molecular weight is 344 g/mol. The van der Waals surface area contributed by atoms with Gasteiger partial charge in [-0.2, -0.15) is 13.2 Å². The molecule has 0 unspecified atom stereocenters. The fourth-order valence-electron chi connectivity index (χ4n) is 2.94. The Morgan fingerprint density at radius 3 is 2.71 bits per heavy atom. The molecule has 1 amide bonds. The molecule has 0 radical (unpaired) electrons. The minimum atomic E-state index is -4.72. The van der Waals surface area contributed by atoms with Crippen molar-refractivity contribution >= 4 is 5.91 Å².